The van der Waals surface area contributed by atoms with Gasteiger partial charge in [-0.2, -0.15) is 0 Å². The molecule has 26 heavy (non-hydrogen) atoms. The van der Waals surface area contributed by atoms with E-state index in [1.54, 1.807) is 18.5 Å². The van der Waals surface area contributed by atoms with E-state index >= 15 is 0 Å². The van der Waals surface area contributed by atoms with E-state index in [2.05, 4.69) is 14.9 Å². The number of hydrogen-bond donors (Lipinski definition) is 0. The highest BCUT2D eigenvalue weighted by Gasteiger charge is 2.39. The average molecular weight is 355 g/mol. The van der Waals surface area contributed by atoms with Crippen molar-refractivity contribution in [2.75, 3.05) is 38.1 Å². The Bertz CT molecular complexity index is 725. The first kappa shape index (κ1) is 17.0. The van der Waals surface area contributed by atoms with Crippen LogP contribution in [0.4, 0.5) is 5.95 Å². The molecule has 0 spiro atoms. The molecule has 2 aliphatic heterocycles. The van der Waals surface area contributed by atoms with E-state index in [1.165, 1.54) is 5.57 Å². The van der Waals surface area contributed by atoms with Crippen molar-refractivity contribution < 1.29 is 9.59 Å². The summed E-state index contributed by atoms with van der Waals surface area (Å²) in [4.78, 5) is 39.7. The topological polar surface area (TPSA) is 69.6 Å². The summed E-state index contributed by atoms with van der Waals surface area (Å²) in [6.45, 7) is 2.73. The van der Waals surface area contributed by atoms with Crippen LogP contribution < -0.4 is 4.90 Å². The van der Waals surface area contributed by atoms with Crippen molar-refractivity contribution in [1.29, 1.82) is 0 Å². The molecule has 1 saturated carbocycles. The predicted molar refractivity (Wildman–Crippen MR) is 97.5 cm³/mol. The molecule has 0 aromatic carbocycles. The fourth-order valence-electron chi connectivity index (χ4n) is 4.33. The van der Waals surface area contributed by atoms with Crippen molar-refractivity contribution in [3.63, 3.8) is 0 Å². The first-order chi connectivity index (χ1) is 12.6. The third-order valence-corrected chi connectivity index (χ3v) is 5.80. The third kappa shape index (κ3) is 3.06. The summed E-state index contributed by atoms with van der Waals surface area (Å²) in [5.74, 6) is 0.827. The van der Waals surface area contributed by atoms with Gasteiger partial charge in [0.25, 0.3) is 5.91 Å². The van der Waals surface area contributed by atoms with Gasteiger partial charge in [-0.1, -0.05) is 6.42 Å². The Hall–Kier alpha value is -2.44. The second-order valence-electron chi connectivity index (χ2n) is 7.27. The maximum absolute atomic E-state index is 12.8. The Balaban J connectivity index is 1.39. The number of anilines is 1. The van der Waals surface area contributed by atoms with Crippen LogP contribution in [0.15, 0.2) is 29.6 Å². The van der Waals surface area contributed by atoms with Crippen molar-refractivity contribution in [3.05, 3.63) is 29.6 Å². The van der Waals surface area contributed by atoms with Gasteiger partial charge in [0.1, 0.15) is 0 Å². The van der Waals surface area contributed by atoms with Gasteiger partial charge < -0.3 is 14.7 Å². The van der Waals surface area contributed by atoms with Gasteiger partial charge in [-0.3, -0.25) is 9.59 Å². The van der Waals surface area contributed by atoms with Crippen LogP contribution in [-0.2, 0) is 9.59 Å². The summed E-state index contributed by atoms with van der Waals surface area (Å²) < 4.78 is 0. The van der Waals surface area contributed by atoms with Crippen LogP contribution in [0.2, 0.25) is 0 Å². The molecular weight excluding hydrogens is 330 g/mol. The number of amides is 2. The molecule has 3 heterocycles. The Morgan fingerprint density at radius 2 is 1.88 bits per heavy atom. The number of carbonyl (C=O) groups excluding carboxylic acids is 2. The lowest BCUT2D eigenvalue weighted by molar-refractivity contribution is -0.133. The van der Waals surface area contributed by atoms with Gasteiger partial charge in [-0.05, 0) is 30.9 Å². The molecule has 4 rings (SSSR count). The first-order valence-electron chi connectivity index (χ1n) is 9.44. The molecule has 2 amide bonds. The van der Waals surface area contributed by atoms with Crippen molar-refractivity contribution >= 4 is 17.8 Å². The molecule has 1 atom stereocenters. The second kappa shape index (κ2) is 7.05. The highest BCUT2D eigenvalue weighted by molar-refractivity contribution is 6.02. The summed E-state index contributed by atoms with van der Waals surface area (Å²) in [6, 6.07) is 2.03. The van der Waals surface area contributed by atoms with Crippen LogP contribution in [-0.4, -0.2) is 70.9 Å². The number of aromatic nitrogens is 2. The van der Waals surface area contributed by atoms with Crippen molar-refractivity contribution in [1.82, 2.24) is 19.8 Å². The number of piperazine rings is 1. The van der Waals surface area contributed by atoms with Crippen LogP contribution >= 0.6 is 0 Å². The van der Waals surface area contributed by atoms with Crippen molar-refractivity contribution in [3.8, 4) is 0 Å². The zero-order valence-corrected chi connectivity index (χ0v) is 15.2. The molecule has 138 valence electrons. The summed E-state index contributed by atoms with van der Waals surface area (Å²) in [5.41, 5.74) is 1.98. The molecule has 1 aromatic rings. The van der Waals surface area contributed by atoms with E-state index in [9.17, 15) is 9.59 Å². The number of likely N-dealkylation sites (N-methyl/N-ethyl adjacent to an activating group) is 1. The van der Waals surface area contributed by atoms with Crippen molar-refractivity contribution in [2.24, 2.45) is 0 Å². The average Bonchev–Trinajstić information content (AvgIpc) is 2.94. The van der Waals surface area contributed by atoms with E-state index in [4.69, 9.17) is 0 Å². The highest BCUT2D eigenvalue weighted by atomic mass is 16.2. The maximum atomic E-state index is 12.8. The fraction of sp³-hybridized carbons (Fsp3) is 0.579. The maximum Gasteiger partial charge on any atom is 0.250 e. The molecule has 1 saturated heterocycles. The van der Waals surface area contributed by atoms with E-state index in [-0.39, 0.29) is 24.3 Å². The smallest absolute Gasteiger partial charge is 0.250 e. The Morgan fingerprint density at radius 3 is 2.62 bits per heavy atom. The Labute approximate surface area is 153 Å². The van der Waals surface area contributed by atoms with E-state index < -0.39 is 0 Å². The second-order valence-corrected chi connectivity index (χ2v) is 7.27. The minimum Gasteiger partial charge on any atom is -0.339 e. The standard InChI is InChI=1S/C19H25N5O2/c1-22-16-6-3-2-5-14(16)15(18(22)26)13-17(25)23-9-11-24(12-10-23)19-20-7-4-8-21-19/h4,7-8,16H,2-3,5-6,9-13H2,1H3. The van der Waals surface area contributed by atoms with Gasteiger partial charge in [0.2, 0.25) is 11.9 Å². The van der Waals surface area contributed by atoms with Gasteiger partial charge in [0.15, 0.2) is 0 Å². The number of hydrogen-bond acceptors (Lipinski definition) is 5. The minimum atomic E-state index is 0.0524. The molecule has 0 bridgehead atoms. The molecule has 1 unspecified atom stereocenters. The zero-order valence-electron chi connectivity index (χ0n) is 15.2. The summed E-state index contributed by atoms with van der Waals surface area (Å²) in [6.07, 6.45) is 7.99. The predicted octanol–water partition coefficient (Wildman–Crippen LogP) is 1.23. The van der Waals surface area contributed by atoms with Crippen molar-refractivity contribution in [2.45, 2.75) is 38.1 Å². The molecule has 3 aliphatic rings. The van der Waals surface area contributed by atoms with Crippen LogP contribution in [0.5, 0.6) is 0 Å². The lowest BCUT2D eigenvalue weighted by Crippen LogP contribution is -2.49. The van der Waals surface area contributed by atoms with Gasteiger partial charge in [0, 0.05) is 51.2 Å². The summed E-state index contributed by atoms with van der Waals surface area (Å²) in [5, 5.41) is 0. The van der Waals surface area contributed by atoms with Gasteiger partial charge >= 0.3 is 0 Å². The van der Waals surface area contributed by atoms with Crippen LogP contribution in [0.1, 0.15) is 32.1 Å². The number of rotatable bonds is 3. The zero-order chi connectivity index (χ0) is 18.1. The lowest BCUT2D eigenvalue weighted by Gasteiger charge is -2.34. The molecule has 0 radical (unpaired) electrons. The summed E-state index contributed by atoms with van der Waals surface area (Å²) >= 11 is 0. The molecular formula is C19H25N5O2. The van der Waals surface area contributed by atoms with Crippen LogP contribution in [0.25, 0.3) is 0 Å². The van der Waals surface area contributed by atoms with E-state index in [1.807, 2.05) is 16.8 Å². The lowest BCUT2D eigenvalue weighted by atomic mass is 9.88. The molecule has 1 aromatic heterocycles. The number of carbonyl (C=O) groups is 2. The molecule has 7 nitrogen and oxygen atoms in total. The highest BCUT2D eigenvalue weighted by Crippen LogP contribution is 2.37. The van der Waals surface area contributed by atoms with E-state index in [0.29, 0.717) is 19.0 Å². The van der Waals surface area contributed by atoms with Gasteiger partial charge in [-0.25, -0.2) is 9.97 Å². The van der Waals surface area contributed by atoms with Crippen LogP contribution in [0, 0.1) is 0 Å². The molecule has 1 aliphatic carbocycles. The van der Waals surface area contributed by atoms with Gasteiger partial charge in [-0.15, -0.1) is 0 Å². The van der Waals surface area contributed by atoms with E-state index in [0.717, 1.165) is 44.3 Å². The minimum absolute atomic E-state index is 0.0524. The quantitative estimate of drug-likeness (QED) is 0.816. The SMILES string of the molecule is CN1C(=O)C(CC(=O)N2CCN(c3ncccn3)CC2)=C2CCCCC21. The Morgan fingerprint density at radius 1 is 1.15 bits per heavy atom. The van der Waals surface area contributed by atoms with Crippen LogP contribution in [0.3, 0.4) is 0 Å². The molecule has 2 fully saturated rings. The third-order valence-electron chi connectivity index (χ3n) is 5.80. The van der Waals surface area contributed by atoms with Gasteiger partial charge in [0.05, 0.1) is 12.5 Å². The number of fused-ring (bicyclic) bond motifs is 1. The Kier molecular flexibility index (Phi) is 4.61. The first-order valence-corrected chi connectivity index (χ1v) is 9.44. The largest absolute Gasteiger partial charge is 0.339 e. The fourth-order valence-corrected chi connectivity index (χ4v) is 4.33. The number of nitrogens with zero attached hydrogens (tertiary/aromatic N) is 5. The molecule has 7 heteroatoms. The summed E-state index contributed by atoms with van der Waals surface area (Å²) in [7, 11) is 1.87. The molecule has 0 N–H and O–H groups in total. The normalized spacial score (nSPS) is 23.5. The monoisotopic (exact) mass is 355 g/mol.